The maximum absolute atomic E-state index is 13.6. The summed E-state index contributed by atoms with van der Waals surface area (Å²) in [6, 6.07) is 1.46. The van der Waals surface area contributed by atoms with E-state index in [0.717, 1.165) is 18.2 Å². The molecule has 110 valence electrons. The molecule has 6 heteroatoms. The van der Waals surface area contributed by atoms with Crippen LogP contribution in [0.25, 0.3) is 0 Å². The Morgan fingerprint density at radius 2 is 1.95 bits per heavy atom. The predicted molar refractivity (Wildman–Crippen MR) is 69.6 cm³/mol. The lowest BCUT2D eigenvalue weighted by atomic mass is 10.00. The molecular weight excluding hydrogens is 268 g/mol. The van der Waals surface area contributed by atoms with Crippen molar-refractivity contribution < 1.29 is 23.5 Å². The second-order valence-electron chi connectivity index (χ2n) is 4.94. The fraction of sp³-hybridized carbons (Fsp3) is 0.429. The van der Waals surface area contributed by atoms with Crippen LogP contribution in [0.2, 0.25) is 0 Å². The van der Waals surface area contributed by atoms with Crippen molar-refractivity contribution in [1.29, 1.82) is 0 Å². The number of rotatable bonds is 7. The number of halogens is 2. The van der Waals surface area contributed by atoms with Gasteiger partial charge >= 0.3 is 5.97 Å². The smallest absolute Gasteiger partial charge is 0.305 e. The number of Topliss-reactive ketones (excluding diaryl/α,β-unsaturated/α-hetero) is 1. The number of benzene rings is 1. The molecular formula is C14H17F2NO3. The fourth-order valence-electron chi connectivity index (χ4n) is 1.68. The van der Waals surface area contributed by atoms with Crippen molar-refractivity contribution in [3.05, 3.63) is 35.4 Å². The third-order valence-electron chi connectivity index (χ3n) is 2.66. The van der Waals surface area contributed by atoms with Crippen molar-refractivity contribution in [2.24, 2.45) is 5.92 Å². The minimum absolute atomic E-state index is 0.191. The minimum Gasteiger partial charge on any atom is -0.481 e. The molecule has 20 heavy (non-hydrogen) atoms. The molecule has 0 amide bonds. The van der Waals surface area contributed by atoms with E-state index in [4.69, 9.17) is 5.11 Å². The van der Waals surface area contributed by atoms with Gasteiger partial charge in [0.15, 0.2) is 5.78 Å². The summed E-state index contributed by atoms with van der Waals surface area (Å²) in [5.41, 5.74) is -0.437. The SMILES string of the molecule is CC(C)CNC(CC(=O)O)C(=O)c1cc(F)ccc1F. The minimum atomic E-state index is -1.18. The molecule has 1 rings (SSSR count). The second kappa shape index (κ2) is 7.09. The van der Waals surface area contributed by atoms with Crippen LogP contribution in [0.5, 0.6) is 0 Å². The van der Waals surface area contributed by atoms with E-state index in [2.05, 4.69) is 5.32 Å². The number of hydrogen-bond acceptors (Lipinski definition) is 3. The number of carbonyl (C=O) groups excluding carboxylic acids is 1. The van der Waals surface area contributed by atoms with E-state index in [1.165, 1.54) is 0 Å². The Labute approximate surface area is 115 Å². The van der Waals surface area contributed by atoms with E-state index in [-0.39, 0.29) is 5.92 Å². The molecule has 1 aromatic carbocycles. The molecule has 4 nitrogen and oxygen atoms in total. The Hall–Kier alpha value is -1.82. The zero-order valence-corrected chi connectivity index (χ0v) is 11.3. The number of ketones is 1. The topological polar surface area (TPSA) is 66.4 Å². The van der Waals surface area contributed by atoms with Gasteiger partial charge < -0.3 is 10.4 Å². The van der Waals surface area contributed by atoms with Crippen LogP contribution in [-0.2, 0) is 4.79 Å². The van der Waals surface area contributed by atoms with Crippen LogP contribution in [0.4, 0.5) is 8.78 Å². The summed E-state index contributed by atoms with van der Waals surface area (Å²) in [4.78, 5) is 22.9. The summed E-state index contributed by atoms with van der Waals surface area (Å²) in [6.45, 7) is 4.18. The van der Waals surface area contributed by atoms with E-state index in [0.29, 0.717) is 6.54 Å². The molecule has 0 saturated heterocycles. The lowest BCUT2D eigenvalue weighted by Crippen LogP contribution is -2.40. The van der Waals surface area contributed by atoms with Gasteiger partial charge in [-0.1, -0.05) is 13.8 Å². The van der Waals surface area contributed by atoms with Crippen molar-refractivity contribution in [3.8, 4) is 0 Å². The molecule has 1 atom stereocenters. The summed E-state index contributed by atoms with van der Waals surface area (Å²) >= 11 is 0. The van der Waals surface area contributed by atoms with E-state index in [1.807, 2.05) is 13.8 Å². The zero-order chi connectivity index (χ0) is 15.3. The van der Waals surface area contributed by atoms with Crippen LogP contribution in [0.15, 0.2) is 18.2 Å². The van der Waals surface area contributed by atoms with Crippen LogP contribution in [0, 0.1) is 17.6 Å². The standard InChI is InChI=1S/C14H17F2NO3/c1-8(2)7-17-12(6-13(18)19)14(20)10-5-9(15)3-4-11(10)16/h3-5,8,12,17H,6-7H2,1-2H3,(H,18,19). The molecule has 0 bridgehead atoms. The van der Waals surface area contributed by atoms with E-state index >= 15 is 0 Å². The summed E-state index contributed by atoms with van der Waals surface area (Å²) < 4.78 is 26.6. The quantitative estimate of drug-likeness (QED) is 0.754. The van der Waals surface area contributed by atoms with Gasteiger partial charge in [-0.05, 0) is 30.7 Å². The second-order valence-corrected chi connectivity index (χ2v) is 4.94. The molecule has 0 saturated carbocycles. The molecule has 1 unspecified atom stereocenters. The van der Waals surface area contributed by atoms with E-state index in [1.54, 1.807) is 0 Å². The van der Waals surface area contributed by atoms with Crippen LogP contribution >= 0.6 is 0 Å². The highest BCUT2D eigenvalue weighted by Crippen LogP contribution is 2.14. The highest BCUT2D eigenvalue weighted by Gasteiger charge is 2.25. The Morgan fingerprint density at radius 3 is 2.50 bits per heavy atom. The molecule has 1 aromatic rings. The number of aliphatic carboxylic acids is 1. The number of nitrogens with one attached hydrogen (secondary N) is 1. The molecule has 0 radical (unpaired) electrons. The highest BCUT2D eigenvalue weighted by molar-refractivity contribution is 6.01. The van der Waals surface area contributed by atoms with Gasteiger partial charge in [-0.15, -0.1) is 0 Å². The third-order valence-corrected chi connectivity index (χ3v) is 2.66. The zero-order valence-electron chi connectivity index (χ0n) is 11.3. The molecule has 0 aliphatic carbocycles. The van der Waals surface area contributed by atoms with Gasteiger partial charge in [0.1, 0.15) is 11.6 Å². The summed E-state index contributed by atoms with van der Waals surface area (Å²) in [6.07, 6.45) is -0.485. The first-order chi connectivity index (χ1) is 9.31. The van der Waals surface area contributed by atoms with Gasteiger partial charge in [0.2, 0.25) is 0 Å². The fourth-order valence-corrected chi connectivity index (χ4v) is 1.68. The number of hydrogen-bond donors (Lipinski definition) is 2. The Balaban J connectivity index is 2.96. The summed E-state index contributed by atoms with van der Waals surface area (Å²) in [7, 11) is 0. The van der Waals surface area contributed by atoms with Crippen molar-refractivity contribution in [2.75, 3.05) is 6.54 Å². The molecule has 2 N–H and O–H groups in total. The van der Waals surface area contributed by atoms with Gasteiger partial charge in [0.25, 0.3) is 0 Å². The summed E-state index contributed by atoms with van der Waals surface area (Å²) in [5, 5.41) is 11.6. The van der Waals surface area contributed by atoms with Crippen molar-refractivity contribution in [3.63, 3.8) is 0 Å². The Bertz CT molecular complexity index is 503. The largest absolute Gasteiger partial charge is 0.481 e. The predicted octanol–water partition coefficient (Wildman–Crippen LogP) is 2.24. The lowest BCUT2D eigenvalue weighted by Gasteiger charge is -2.17. The van der Waals surface area contributed by atoms with Crippen molar-refractivity contribution in [2.45, 2.75) is 26.3 Å². The first kappa shape index (κ1) is 16.2. The highest BCUT2D eigenvalue weighted by atomic mass is 19.1. The van der Waals surface area contributed by atoms with Gasteiger partial charge in [0.05, 0.1) is 18.0 Å². The van der Waals surface area contributed by atoms with Crippen molar-refractivity contribution >= 4 is 11.8 Å². The van der Waals surface area contributed by atoms with Gasteiger partial charge in [0, 0.05) is 0 Å². The molecule has 0 aliphatic rings. The Morgan fingerprint density at radius 1 is 1.30 bits per heavy atom. The van der Waals surface area contributed by atoms with Crippen LogP contribution < -0.4 is 5.32 Å². The third kappa shape index (κ3) is 4.70. The number of carboxylic acid groups (broad SMARTS) is 1. The van der Waals surface area contributed by atoms with Gasteiger partial charge in [-0.3, -0.25) is 9.59 Å². The first-order valence-electron chi connectivity index (χ1n) is 6.25. The van der Waals surface area contributed by atoms with E-state index in [9.17, 15) is 18.4 Å². The molecule has 0 spiro atoms. The molecule has 0 heterocycles. The van der Waals surface area contributed by atoms with Crippen LogP contribution in [0.1, 0.15) is 30.6 Å². The summed E-state index contributed by atoms with van der Waals surface area (Å²) in [5.74, 6) is -3.36. The normalized spacial score (nSPS) is 12.4. The first-order valence-corrected chi connectivity index (χ1v) is 6.25. The van der Waals surface area contributed by atoms with Gasteiger partial charge in [-0.2, -0.15) is 0 Å². The van der Waals surface area contributed by atoms with Crippen LogP contribution in [-0.4, -0.2) is 29.4 Å². The van der Waals surface area contributed by atoms with Crippen molar-refractivity contribution in [1.82, 2.24) is 5.32 Å². The number of carboxylic acids is 1. The van der Waals surface area contributed by atoms with Gasteiger partial charge in [-0.25, -0.2) is 8.78 Å². The van der Waals surface area contributed by atoms with Crippen LogP contribution in [0.3, 0.4) is 0 Å². The maximum Gasteiger partial charge on any atom is 0.305 e. The molecule has 0 fully saturated rings. The average molecular weight is 285 g/mol. The molecule has 0 aliphatic heterocycles. The average Bonchev–Trinajstić information content (AvgIpc) is 2.36. The maximum atomic E-state index is 13.6. The molecule has 0 aromatic heterocycles. The monoisotopic (exact) mass is 285 g/mol. The lowest BCUT2D eigenvalue weighted by molar-refractivity contribution is -0.137. The number of carbonyl (C=O) groups is 2. The van der Waals surface area contributed by atoms with E-state index < -0.39 is 41.4 Å². The Kier molecular flexibility index (Phi) is 5.76.